The lowest BCUT2D eigenvalue weighted by Gasteiger charge is -2.32. The Balaban J connectivity index is 1.73. The van der Waals surface area contributed by atoms with Gasteiger partial charge in [0.05, 0.1) is 18.0 Å². The highest BCUT2D eigenvalue weighted by Gasteiger charge is 2.40. The SMILES string of the molecule is N#CC1(c2cc(Nc3cc(C(F)F)ccn3)nc(N3CCC(F)(F)C3)c2)CCOCC1. The highest BCUT2D eigenvalue weighted by Crippen LogP contribution is 2.38. The van der Waals surface area contributed by atoms with Gasteiger partial charge >= 0.3 is 0 Å². The molecule has 0 bridgehead atoms. The molecule has 0 amide bonds. The monoisotopic (exact) mass is 435 g/mol. The fraction of sp³-hybridized carbons (Fsp3) is 0.476. The van der Waals surface area contributed by atoms with E-state index in [1.165, 1.54) is 23.2 Å². The van der Waals surface area contributed by atoms with Crippen molar-refractivity contribution in [2.45, 2.75) is 37.0 Å². The number of nitrogens with zero attached hydrogens (tertiary/aromatic N) is 4. The van der Waals surface area contributed by atoms with E-state index < -0.39 is 24.3 Å². The summed E-state index contributed by atoms with van der Waals surface area (Å²) >= 11 is 0. The Hall–Kier alpha value is -2.93. The lowest BCUT2D eigenvalue weighted by Crippen LogP contribution is -2.33. The van der Waals surface area contributed by atoms with Crippen LogP contribution in [0.2, 0.25) is 0 Å². The Kier molecular flexibility index (Phi) is 5.71. The number of halogens is 4. The molecule has 0 saturated carbocycles. The second-order valence-electron chi connectivity index (χ2n) is 7.83. The number of alkyl halides is 4. The van der Waals surface area contributed by atoms with Gasteiger partial charge in [-0.1, -0.05) is 0 Å². The quantitative estimate of drug-likeness (QED) is 0.694. The van der Waals surface area contributed by atoms with Gasteiger partial charge in [0.2, 0.25) is 0 Å². The lowest BCUT2D eigenvalue weighted by molar-refractivity contribution is 0.0256. The minimum absolute atomic E-state index is 0.130. The number of ether oxygens (including phenoxy) is 1. The van der Waals surface area contributed by atoms with Crippen molar-refractivity contribution in [3.8, 4) is 6.07 Å². The smallest absolute Gasteiger partial charge is 0.266 e. The highest BCUT2D eigenvalue weighted by molar-refractivity contribution is 5.60. The van der Waals surface area contributed by atoms with E-state index in [2.05, 4.69) is 21.4 Å². The van der Waals surface area contributed by atoms with E-state index in [1.54, 1.807) is 12.1 Å². The molecule has 0 atom stereocenters. The van der Waals surface area contributed by atoms with Gasteiger partial charge in [-0.2, -0.15) is 5.26 Å². The molecule has 2 aliphatic rings. The molecule has 2 aromatic rings. The average molecular weight is 435 g/mol. The molecule has 0 aliphatic carbocycles. The number of hydrogen-bond acceptors (Lipinski definition) is 6. The van der Waals surface area contributed by atoms with Crippen molar-refractivity contribution in [2.75, 3.05) is 36.5 Å². The van der Waals surface area contributed by atoms with Crippen molar-refractivity contribution in [2.24, 2.45) is 0 Å². The van der Waals surface area contributed by atoms with Crippen LogP contribution in [0, 0.1) is 11.3 Å². The van der Waals surface area contributed by atoms with E-state index in [0.717, 1.165) is 0 Å². The molecule has 2 aromatic heterocycles. The maximum Gasteiger partial charge on any atom is 0.266 e. The van der Waals surface area contributed by atoms with Crippen LogP contribution < -0.4 is 10.2 Å². The van der Waals surface area contributed by atoms with Gasteiger partial charge in [0.15, 0.2) is 0 Å². The molecule has 0 unspecified atom stereocenters. The van der Waals surface area contributed by atoms with E-state index in [4.69, 9.17) is 4.74 Å². The molecule has 2 fully saturated rings. The molecule has 0 spiro atoms. The van der Waals surface area contributed by atoms with Gasteiger partial charge in [0.25, 0.3) is 12.3 Å². The van der Waals surface area contributed by atoms with Crippen LogP contribution in [0.15, 0.2) is 30.5 Å². The van der Waals surface area contributed by atoms with E-state index in [1.807, 2.05) is 0 Å². The first-order valence-corrected chi connectivity index (χ1v) is 9.96. The van der Waals surface area contributed by atoms with Gasteiger partial charge in [0, 0.05) is 37.9 Å². The molecule has 1 N–H and O–H groups in total. The molecule has 0 aromatic carbocycles. The number of nitrogens with one attached hydrogen (secondary N) is 1. The maximum atomic E-state index is 13.8. The minimum atomic E-state index is -2.82. The maximum absolute atomic E-state index is 13.8. The van der Waals surface area contributed by atoms with E-state index in [0.29, 0.717) is 37.4 Å². The van der Waals surface area contributed by atoms with Crippen molar-refractivity contribution < 1.29 is 22.3 Å². The third kappa shape index (κ3) is 4.56. The topological polar surface area (TPSA) is 74.1 Å². The van der Waals surface area contributed by atoms with Crippen LogP contribution in [0.5, 0.6) is 0 Å². The number of pyridine rings is 2. The van der Waals surface area contributed by atoms with Crippen LogP contribution in [-0.4, -0.2) is 42.2 Å². The Morgan fingerprint density at radius 3 is 2.55 bits per heavy atom. The van der Waals surface area contributed by atoms with Gasteiger partial charge in [-0.3, -0.25) is 0 Å². The summed E-state index contributed by atoms with van der Waals surface area (Å²) in [5.74, 6) is -2.10. The molecule has 4 heterocycles. The van der Waals surface area contributed by atoms with E-state index in [9.17, 15) is 22.8 Å². The summed E-state index contributed by atoms with van der Waals surface area (Å²) in [4.78, 5) is 9.94. The molecule has 164 valence electrons. The first-order valence-electron chi connectivity index (χ1n) is 9.96. The first kappa shape index (κ1) is 21.3. The normalized spacial score (nSPS) is 19.9. The fourth-order valence-corrected chi connectivity index (χ4v) is 3.92. The summed E-state index contributed by atoms with van der Waals surface area (Å²) in [5, 5.41) is 12.8. The predicted molar refractivity (Wildman–Crippen MR) is 106 cm³/mol. The third-order valence-corrected chi connectivity index (χ3v) is 5.71. The predicted octanol–water partition coefficient (Wildman–Crippen LogP) is 4.57. The molecule has 31 heavy (non-hydrogen) atoms. The van der Waals surface area contributed by atoms with Crippen molar-refractivity contribution in [1.82, 2.24) is 9.97 Å². The van der Waals surface area contributed by atoms with Crippen LogP contribution in [0.4, 0.5) is 35.0 Å². The van der Waals surface area contributed by atoms with E-state index >= 15 is 0 Å². The van der Waals surface area contributed by atoms with Gasteiger partial charge in [-0.25, -0.2) is 27.5 Å². The molecule has 4 rings (SSSR count). The number of rotatable bonds is 5. The van der Waals surface area contributed by atoms with Crippen LogP contribution in [-0.2, 0) is 10.2 Å². The zero-order chi connectivity index (χ0) is 22.1. The summed E-state index contributed by atoms with van der Waals surface area (Å²) in [5.41, 5.74) is -0.413. The number of hydrogen-bond donors (Lipinski definition) is 1. The van der Waals surface area contributed by atoms with Crippen LogP contribution in [0.25, 0.3) is 0 Å². The molecule has 0 radical (unpaired) electrons. The van der Waals surface area contributed by atoms with Gasteiger partial charge in [-0.15, -0.1) is 0 Å². The molecule has 6 nitrogen and oxygen atoms in total. The van der Waals surface area contributed by atoms with Crippen molar-refractivity contribution in [1.29, 1.82) is 5.26 Å². The average Bonchev–Trinajstić information content (AvgIpc) is 3.14. The summed E-state index contributed by atoms with van der Waals surface area (Å²) in [6.45, 7) is 0.483. The fourth-order valence-electron chi connectivity index (χ4n) is 3.92. The second-order valence-corrected chi connectivity index (χ2v) is 7.83. The number of nitriles is 1. The van der Waals surface area contributed by atoms with Crippen LogP contribution in [0.1, 0.15) is 36.8 Å². The highest BCUT2D eigenvalue weighted by atomic mass is 19.3. The zero-order valence-corrected chi connectivity index (χ0v) is 16.6. The number of aromatic nitrogens is 2. The second kappa shape index (κ2) is 8.30. The minimum Gasteiger partial charge on any atom is -0.381 e. The van der Waals surface area contributed by atoms with Crippen molar-refractivity contribution in [3.05, 3.63) is 41.6 Å². The largest absolute Gasteiger partial charge is 0.381 e. The Bertz CT molecular complexity index is 988. The van der Waals surface area contributed by atoms with E-state index in [-0.39, 0.29) is 30.2 Å². The van der Waals surface area contributed by atoms with Gasteiger partial charge in [0.1, 0.15) is 17.5 Å². The Labute approximate surface area is 176 Å². The van der Waals surface area contributed by atoms with Gasteiger partial charge < -0.3 is 15.0 Å². The Morgan fingerprint density at radius 1 is 1.13 bits per heavy atom. The molecule has 2 aliphatic heterocycles. The molecular weight excluding hydrogens is 414 g/mol. The summed E-state index contributed by atoms with van der Waals surface area (Å²) in [6.07, 6.45) is -0.764. The third-order valence-electron chi connectivity index (χ3n) is 5.71. The Morgan fingerprint density at radius 2 is 1.90 bits per heavy atom. The summed E-state index contributed by atoms with van der Waals surface area (Å²) in [6, 6.07) is 8.11. The van der Waals surface area contributed by atoms with Crippen molar-refractivity contribution >= 4 is 17.5 Å². The summed E-state index contributed by atoms with van der Waals surface area (Å²) < 4.78 is 59.1. The lowest BCUT2D eigenvalue weighted by atomic mass is 9.75. The molecular formula is C21H21F4N5O. The molecule has 2 saturated heterocycles. The standard InChI is InChI=1S/C21H21F4N5O/c22-19(23)14-1-5-27-16(9-14)28-17-10-15(20(12-26)3-7-31-8-4-20)11-18(29-17)30-6-2-21(24,25)13-30/h1,5,9-11,19H,2-4,6-8,13H2,(H,27,28,29). The molecule has 10 heteroatoms. The van der Waals surface area contributed by atoms with Crippen molar-refractivity contribution in [3.63, 3.8) is 0 Å². The summed E-state index contributed by atoms with van der Waals surface area (Å²) in [7, 11) is 0. The van der Waals surface area contributed by atoms with Crippen LogP contribution >= 0.6 is 0 Å². The first-order chi connectivity index (χ1) is 14.8. The number of anilines is 3. The zero-order valence-electron chi connectivity index (χ0n) is 16.6. The van der Waals surface area contributed by atoms with Crippen LogP contribution in [0.3, 0.4) is 0 Å². The van der Waals surface area contributed by atoms with Gasteiger partial charge in [-0.05, 0) is 42.7 Å².